The second kappa shape index (κ2) is 5.63. The molecule has 1 aromatic rings. The highest BCUT2D eigenvalue weighted by molar-refractivity contribution is 6.01. The molecule has 0 unspecified atom stereocenters. The lowest BCUT2D eigenvalue weighted by molar-refractivity contribution is -0.136. The number of carbonyl (C=O) groups is 2. The minimum atomic E-state index is -0.862. The third kappa shape index (κ3) is 2.16. The molecule has 0 amide bonds. The Balaban J connectivity index is 2.19. The number of alkyl halides is 1. The number of cyclic esters (lactones) is 1. The molecule has 2 heterocycles. The van der Waals surface area contributed by atoms with Gasteiger partial charge < -0.3 is 14.8 Å². The van der Waals surface area contributed by atoms with Crippen molar-refractivity contribution >= 4 is 11.9 Å². The van der Waals surface area contributed by atoms with Gasteiger partial charge >= 0.3 is 11.9 Å². The molecule has 114 valence electrons. The van der Waals surface area contributed by atoms with E-state index in [2.05, 4.69) is 5.32 Å². The fourth-order valence-electron chi connectivity index (χ4n) is 2.82. The molecule has 0 aromatic heterocycles. The first kappa shape index (κ1) is 14.3. The quantitative estimate of drug-likeness (QED) is 0.859. The standard InChI is InChI=1S/C16H14FNO4/c1-21-15(19)13-10(7-17)18-11-8-22-16(20)14(11)12(13)9-5-3-2-4-6-9/h2-6,12,18H,7-8H2,1H3/t12-/m0/s1. The SMILES string of the molecule is COC(=O)C1=C(CF)NC2=C(C(=O)OC2)[C@H]1c1ccccc1. The highest BCUT2D eigenvalue weighted by atomic mass is 19.1. The van der Waals surface area contributed by atoms with Crippen LogP contribution in [0.2, 0.25) is 0 Å². The lowest BCUT2D eigenvalue weighted by Crippen LogP contribution is -2.31. The summed E-state index contributed by atoms with van der Waals surface area (Å²) in [5.41, 5.74) is 1.76. The minimum Gasteiger partial charge on any atom is -0.466 e. The monoisotopic (exact) mass is 303 g/mol. The van der Waals surface area contributed by atoms with Crippen molar-refractivity contribution in [1.82, 2.24) is 5.32 Å². The van der Waals surface area contributed by atoms with Gasteiger partial charge in [-0.15, -0.1) is 0 Å². The Morgan fingerprint density at radius 3 is 2.77 bits per heavy atom. The highest BCUT2D eigenvalue weighted by Crippen LogP contribution is 2.41. The van der Waals surface area contributed by atoms with E-state index >= 15 is 0 Å². The van der Waals surface area contributed by atoms with Crippen LogP contribution in [0.1, 0.15) is 11.5 Å². The van der Waals surface area contributed by atoms with Gasteiger partial charge in [-0.2, -0.15) is 0 Å². The van der Waals surface area contributed by atoms with Gasteiger partial charge in [-0.3, -0.25) is 0 Å². The number of benzene rings is 1. The van der Waals surface area contributed by atoms with Crippen LogP contribution in [0.25, 0.3) is 0 Å². The normalized spacial score (nSPS) is 20.5. The van der Waals surface area contributed by atoms with Crippen molar-refractivity contribution in [3.05, 3.63) is 58.4 Å². The van der Waals surface area contributed by atoms with E-state index in [9.17, 15) is 14.0 Å². The van der Waals surface area contributed by atoms with Crippen molar-refractivity contribution in [3.8, 4) is 0 Å². The molecule has 0 radical (unpaired) electrons. The van der Waals surface area contributed by atoms with E-state index in [-0.39, 0.29) is 17.9 Å². The molecule has 0 aliphatic carbocycles. The van der Waals surface area contributed by atoms with Crippen LogP contribution in [0.4, 0.5) is 4.39 Å². The van der Waals surface area contributed by atoms with Crippen LogP contribution in [0.15, 0.2) is 52.9 Å². The van der Waals surface area contributed by atoms with E-state index in [1.54, 1.807) is 24.3 Å². The Kier molecular flexibility index (Phi) is 3.66. The number of allylic oxidation sites excluding steroid dienone is 1. The van der Waals surface area contributed by atoms with E-state index in [0.717, 1.165) is 0 Å². The van der Waals surface area contributed by atoms with Crippen LogP contribution < -0.4 is 5.32 Å². The van der Waals surface area contributed by atoms with Gasteiger partial charge in [-0.1, -0.05) is 30.3 Å². The van der Waals surface area contributed by atoms with E-state index < -0.39 is 24.5 Å². The maximum absolute atomic E-state index is 13.4. The van der Waals surface area contributed by atoms with Crippen molar-refractivity contribution in [1.29, 1.82) is 0 Å². The molecule has 1 aromatic carbocycles. The fourth-order valence-corrected chi connectivity index (χ4v) is 2.82. The maximum atomic E-state index is 13.4. The van der Waals surface area contributed by atoms with Crippen LogP contribution >= 0.6 is 0 Å². The number of methoxy groups -OCH3 is 1. The molecule has 1 atom stereocenters. The average molecular weight is 303 g/mol. The number of hydrogen-bond acceptors (Lipinski definition) is 5. The lowest BCUT2D eigenvalue weighted by Gasteiger charge is -2.27. The second-order valence-corrected chi connectivity index (χ2v) is 4.95. The van der Waals surface area contributed by atoms with Crippen molar-refractivity contribution in [2.75, 3.05) is 20.4 Å². The number of ether oxygens (including phenoxy) is 2. The first-order chi connectivity index (χ1) is 10.7. The summed E-state index contributed by atoms with van der Waals surface area (Å²) in [6.07, 6.45) is 0. The Hall–Kier alpha value is -2.63. The second-order valence-electron chi connectivity index (χ2n) is 4.95. The summed E-state index contributed by atoms with van der Waals surface area (Å²) in [6, 6.07) is 8.98. The molecule has 0 saturated heterocycles. The third-order valence-corrected chi connectivity index (χ3v) is 3.77. The largest absolute Gasteiger partial charge is 0.466 e. The van der Waals surface area contributed by atoms with Gasteiger partial charge in [0.15, 0.2) is 0 Å². The van der Waals surface area contributed by atoms with Crippen LogP contribution in [-0.2, 0) is 19.1 Å². The summed E-state index contributed by atoms with van der Waals surface area (Å²) in [7, 11) is 1.23. The van der Waals surface area contributed by atoms with Gasteiger partial charge in [0.25, 0.3) is 0 Å². The molecule has 2 aliphatic rings. The summed E-state index contributed by atoms with van der Waals surface area (Å²) in [5, 5.41) is 2.80. The van der Waals surface area contributed by atoms with Crippen LogP contribution in [0, 0.1) is 0 Å². The van der Waals surface area contributed by atoms with Gasteiger partial charge in [-0.25, -0.2) is 14.0 Å². The molecule has 22 heavy (non-hydrogen) atoms. The summed E-state index contributed by atoms with van der Waals surface area (Å²) >= 11 is 0. The number of hydrogen-bond donors (Lipinski definition) is 1. The molecule has 0 saturated carbocycles. The molecule has 5 nitrogen and oxygen atoms in total. The average Bonchev–Trinajstić information content (AvgIpc) is 2.94. The summed E-state index contributed by atoms with van der Waals surface area (Å²) in [5.74, 6) is -1.86. The third-order valence-electron chi connectivity index (χ3n) is 3.77. The Labute approximate surface area is 126 Å². The smallest absolute Gasteiger partial charge is 0.337 e. The highest BCUT2D eigenvalue weighted by Gasteiger charge is 2.42. The summed E-state index contributed by atoms with van der Waals surface area (Å²) < 4.78 is 23.2. The zero-order chi connectivity index (χ0) is 15.7. The Morgan fingerprint density at radius 2 is 2.14 bits per heavy atom. The predicted molar refractivity (Wildman–Crippen MR) is 75.3 cm³/mol. The molecular formula is C16H14FNO4. The molecule has 2 aliphatic heterocycles. The van der Waals surface area contributed by atoms with Crippen molar-refractivity contribution in [3.63, 3.8) is 0 Å². The molecule has 3 rings (SSSR count). The van der Waals surface area contributed by atoms with Crippen molar-refractivity contribution < 1.29 is 23.5 Å². The number of halogens is 1. The first-order valence-corrected chi connectivity index (χ1v) is 6.76. The van der Waals surface area contributed by atoms with E-state index in [1.165, 1.54) is 7.11 Å². The number of carbonyl (C=O) groups excluding carboxylic acids is 2. The number of esters is 2. The van der Waals surface area contributed by atoms with Gasteiger partial charge in [0.2, 0.25) is 0 Å². The van der Waals surface area contributed by atoms with Crippen LogP contribution in [-0.4, -0.2) is 32.3 Å². The molecular weight excluding hydrogens is 289 g/mol. The van der Waals surface area contributed by atoms with Gasteiger partial charge in [0.05, 0.1) is 35.6 Å². The van der Waals surface area contributed by atoms with E-state index in [1.807, 2.05) is 6.07 Å². The van der Waals surface area contributed by atoms with Gasteiger partial charge in [0, 0.05) is 0 Å². The van der Waals surface area contributed by atoms with Gasteiger partial charge in [0.1, 0.15) is 13.3 Å². The molecule has 0 spiro atoms. The van der Waals surface area contributed by atoms with E-state index in [4.69, 9.17) is 9.47 Å². The Bertz CT molecular complexity index is 693. The van der Waals surface area contributed by atoms with E-state index in [0.29, 0.717) is 16.8 Å². The number of nitrogens with one attached hydrogen (secondary N) is 1. The Morgan fingerprint density at radius 1 is 1.41 bits per heavy atom. The summed E-state index contributed by atoms with van der Waals surface area (Å²) in [6.45, 7) is -0.811. The molecule has 6 heteroatoms. The maximum Gasteiger partial charge on any atom is 0.337 e. The molecule has 0 fully saturated rings. The minimum absolute atomic E-state index is 0.0510. The zero-order valence-corrected chi connectivity index (χ0v) is 11.9. The van der Waals surface area contributed by atoms with Crippen molar-refractivity contribution in [2.45, 2.75) is 5.92 Å². The fraction of sp³-hybridized carbons (Fsp3) is 0.250. The van der Waals surface area contributed by atoms with Crippen molar-refractivity contribution in [2.24, 2.45) is 0 Å². The number of dihydropyridines is 1. The first-order valence-electron chi connectivity index (χ1n) is 6.76. The molecule has 1 N–H and O–H groups in total. The van der Waals surface area contributed by atoms with Gasteiger partial charge in [-0.05, 0) is 5.56 Å². The lowest BCUT2D eigenvalue weighted by atomic mass is 9.81. The van der Waals surface area contributed by atoms with Crippen LogP contribution in [0.5, 0.6) is 0 Å². The topological polar surface area (TPSA) is 64.6 Å². The summed E-state index contributed by atoms with van der Waals surface area (Å²) in [4.78, 5) is 24.2. The van der Waals surface area contributed by atoms with Crippen LogP contribution in [0.3, 0.4) is 0 Å². The zero-order valence-electron chi connectivity index (χ0n) is 11.9. The number of rotatable bonds is 3. The molecule has 0 bridgehead atoms. The predicted octanol–water partition coefficient (Wildman–Crippen LogP) is 1.58.